The van der Waals surface area contributed by atoms with E-state index in [2.05, 4.69) is 136 Å². The second-order valence-corrected chi connectivity index (χ2v) is 10.5. The highest BCUT2D eigenvalue weighted by atomic mass is 15.1. The minimum Gasteiger partial charge on any atom is -0.310 e. The molecule has 0 spiro atoms. The van der Waals surface area contributed by atoms with E-state index in [9.17, 15) is 0 Å². The van der Waals surface area contributed by atoms with Crippen molar-refractivity contribution in [2.45, 2.75) is 27.7 Å². The molecule has 0 radical (unpaired) electrons. The van der Waals surface area contributed by atoms with Crippen LogP contribution >= 0.6 is 0 Å². The molecule has 0 atom stereocenters. The van der Waals surface area contributed by atoms with Crippen molar-refractivity contribution < 1.29 is 0 Å². The molecular formula is C36H29N. The first-order valence-electron chi connectivity index (χ1n) is 13.0. The summed E-state index contributed by atoms with van der Waals surface area (Å²) in [5.74, 6) is 0. The molecule has 6 aromatic carbocycles. The monoisotopic (exact) mass is 475 g/mol. The van der Waals surface area contributed by atoms with Gasteiger partial charge in [0.15, 0.2) is 0 Å². The lowest BCUT2D eigenvalue weighted by atomic mass is 9.78. The van der Waals surface area contributed by atoms with Crippen molar-refractivity contribution in [3.63, 3.8) is 0 Å². The summed E-state index contributed by atoms with van der Waals surface area (Å²) in [6.45, 7) is 8.74. The number of anilines is 3. The normalized spacial score (nSPS) is 11.8. The van der Waals surface area contributed by atoms with Crippen molar-refractivity contribution in [3.8, 4) is 22.3 Å². The summed E-state index contributed by atoms with van der Waals surface area (Å²) in [5, 5.41) is 5.16. The molecule has 7 rings (SSSR count). The van der Waals surface area contributed by atoms with Gasteiger partial charge in [0.1, 0.15) is 0 Å². The molecule has 1 nitrogen and oxygen atoms in total. The predicted molar refractivity (Wildman–Crippen MR) is 160 cm³/mol. The van der Waals surface area contributed by atoms with E-state index in [0.29, 0.717) is 0 Å². The maximum absolute atomic E-state index is 2.39. The van der Waals surface area contributed by atoms with E-state index in [-0.39, 0.29) is 0 Å². The maximum Gasteiger partial charge on any atom is 0.0468 e. The van der Waals surface area contributed by atoms with Crippen LogP contribution in [-0.2, 0) is 0 Å². The molecule has 0 aliphatic heterocycles. The van der Waals surface area contributed by atoms with Gasteiger partial charge in [0.2, 0.25) is 0 Å². The van der Waals surface area contributed by atoms with Crippen LogP contribution in [-0.4, -0.2) is 0 Å². The number of rotatable bonds is 3. The second-order valence-electron chi connectivity index (χ2n) is 10.5. The fourth-order valence-electron chi connectivity index (χ4n) is 5.67. The van der Waals surface area contributed by atoms with Crippen LogP contribution < -0.4 is 4.90 Å². The van der Waals surface area contributed by atoms with Crippen LogP contribution in [0.15, 0.2) is 103 Å². The van der Waals surface area contributed by atoms with Crippen LogP contribution in [0.3, 0.4) is 0 Å². The highest BCUT2D eigenvalue weighted by Gasteiger charge is 2.24. The van der Waals surface area contributed by atoms with Gasteiger partial charge in [-0.25, -0.2) is 0 Å². The van der Waals surface area contributed by atoms with Crippen molar-refractivity contribution in [2.75, 3.05) is 4.90 Å². The summed E-state index contributed by atoms with van der Waals surface area (Å²) in [5.41, 5.74) is 14.2. The molecule has 0 amide bonds. The smallest absolute Gasteiger partial charge is 0.0468 e. The van der Waals surface area contributed by atoms with Crippen LogP contribution in [0.5, 0.6) is 0 Å². The molecule has 0 saturated carbocycles. The number of benzene rings is 6. The molecule has 6 aromatic rings. The maximum atomic E-state index is 2.39. The van der Waals surface area contributed by atoms with Gasteiger partial charge in [-0.2, -0.15) is 0 Å². The van der Waals surface area contributed by atoms with E-state index in [1.54, 1.807) is 0 Å². The summed E-state index contributed by atoms with van der Waals surface area (Å²) in [6, 6.07) is 38.5. The highest BCUT2D eigenvalue weighted by molar-refractivity contribution is 6.12. The van der Waals surface area contributed by atoms with Gasteiger partial charge in [-0.3, -0.25) is 0 Å². The molecule has 0 aromatic heterocycles. The highest BCUT2D eigenvalue weighted by Crippen LogP contribution is 2.50. The molecule has 178 valence electrons. The van der Waals surface area contributed by atoms with E-state index in [1.807, 2.05) is 0 Å². The molecule has 1 heteroatoms. The lowest BCUT2D eigenvalue weighted by Crippen LogP contribution is -2.11. The molecule has 0 heterocycles. The Bertz CT molecular complexity index is 1820. The summed E-state index contributed by atoms with van der Waals surface area (Å²) in [4.78, 5) is 2.39. The SMILES string of the molecule is Cc1ccc(N(c2ccc(C)c(C)c2)c2ccc3cc4c(cc3c2)-c2cc3ccccc3cc2-4)cc1C. The fourth-order valence-corrected chi connectivity index (χ4v) is 5.67. The van der Waals surface area contributed by atoms with Crippen molar-refractivity contribution in [3.05, 3.63) is 125 Å². The lowest BCUT2D eigenvalue weighted by Gasteiger charge is -2.28. The summed E-state index contributed by atoms with van der Waals surface area (Å²) in [6.07, 6.45) is 0. The number of nitrogens with zero attached hydrogens (tertiary/aromatic N) is 1. The molecule has 1 aliphatic carbocycles. The molecule has 1 aliphatic rings. The Morgan fingerprint density at radius 2 is 0.757 bits per heavy atom. The predicted octanol–water partition coefficient (Wildman–Crippen LogP) is 10.3. The van der Waals surface area contributed by atoms with E-state index in [4.69, 9.17) is 0 Å². The summed E-state index contributed by atoms with van der Waals surface area (Å²) in [7, 11) is 0. The van der Waals surface area contributed by atoms with Gasteiger partial charge in [-0.15, -0.1) is 0 Å². The number of hydrogen-bond acceptors (Lipinski definition) is 1. The number of hydrogen-bond donors (Lipinski definition) is 0. The Morgan fingerprint density at radius 3 is 1.24 bits per heavy atom. The molecule has 0 N–H and O–H groups in total. The Balaban J connectivity index is 1.38. The largest absolute Gasteiger partial charge is 0.310 e. The molecule has 37 heavy (non-hydrogen) atoms. The van der Waals surface area contributed by atoms with Crippen molar-refractivity contribution >= 4 is 38.6 Å². The summed E-state index contributed by atoms with van der Waals surface area (Å²) >= 11 is 0. The topological polar surface area (TPSA) is 3.24 Å². The average molecular weight is 476 g/mol. The Labute approximate surface area is 218 Å². The zero-order valence-electron chi connectivity index (χ0n) is 21.8. The molecular weight excluding hydrogens is 446 g/mol. The lowest BCUT2D eigenvalue weighted by molar-refractivity contribution is 1.23. The number of aryl methyl sites for hydroxylation is 4. The Hall–Kier alpha value is -4.36. The standard InChI is InChI=1S/C36H29N/c1-22-9-12-30(15-24(22)3)37(31-13-10-23(2)25(4)16-31)32-14-11-28-20-35-33-18-26-7-5-6-8-27(26)19-34(33)36(35)21-29(28)17-32/h5-21H,1-4H3. The molecule has 0 unspecified atom stereocenters. The van der Waals surface area contributed by atoms with Gasteiger partial charge in [0.05, 0.1) is 0 Å². The van der Waals surface area contributed by atoms with E-state index in [0.717, 1.165) is 0 Å². The second kappa shape index (κ2) is 8.08. The Morgan fingerprint density at radius 1 is 0.351 bits per heavy atom. The minimum absolute atomic E-state index is 1.18. The number of fused-ring (bicyclic) bond motifs is 6. The molecule has 0 fully saturated rings. The van der Waals surface area contributed by atoms with E-state index in [1.165, 1.54) is 83.1 Å². The van der Waals surface area contributed by atoms with Crippen LogP contribution in [0.4, 0.5) is 17.1 Å². The summed E-state index contributed by atoms with van der Waals surface area (Å²) < 4.78 is 0. The van der Waals surface area contributed by atoms with Gasteiger partial charge in [0.25, 0.3) is 0 Å². The quantitative estimate of drug-likeness (QED) is 0.246. The first kappa shape index (κ1) is 21.9. The zero-order valence-corrected chi connectivity index (χ0v) is 21.8. The first-order valence-corrected chi connectivity index (χ1v) is 13.0. The molecule has 0 saturated heterocycles. The van der Waals surface area contributed by atoms with E-state index < -0.39 is 0 Å². The third kappa shape index (κ3) is 3.46. The van der Waals surface area contributed by atoms with Gasteiger partial charge in [-0.1, -0.05) is 42.5 Å². The van der Waals surface area contributed by atoms with Crippen LogP contribution in [0, 0.1) is 27.7 Å². The third-order valence-corrected chi connectivity index (χ3v) is 8.18. The average Bonchev–Trinajstić information content (AvgIpc) is 2.91. The third-order valence-electron chi connectivity index (χ3n) is 8.18. The van der Waals surface area contributed by atoms with Crippen LogP contribution in [0.25, 0.3) is 43.8 Å². The van der Waals surface area contributed by atoms with Gasteiger partial charge >= 0.3 is 0 Å². The van der Waals surface area contributed by atoms with Crippen molar-refractivity contribution in [1.82, 2.24) is 0 Å². The zero-order chi connectivity index (χ0) is 25.3. The molecule has 0 bridgehead atoms. The van der Waals surface area contributed by atoms with Crippen molar-refractivity contribution in [1.29, 1.82) is 0 Å². The van der Waals surface area contributed by atoms with Gasteiger partial charge in [-0.05, 0) is 154 Å². The minimum atomic E-state index is 1.18. The van der Waals surface area contributed by atoms with Gasteiger partial charge < -0.3 is 4.90 Å². The van der Waals surface area contributed by atoms with Crippen molar-refractivity contribution in [2.24, 2.45) is 0 Å². The first-order chi connectivity index (χ1) is 18.0. The fraction of sp³-hybridized carbons (Fsp3) is 0.111. The Kier molecular flexibility index (Phi) is 4.78. The van der Waals surface area contributed by atoms with E-state index >= 15 is 0 Å². The van der Waals surface area contributed by atoms with Gasteiger partial charge in [0, 0.05) is 17.1 Å². The van der Waals surface area contributed by atoms with Crippen LogP contribution in [0.1, 0.15) is 22.3 Å². The van der Waals surface area contributed by atoms with Crippen LogP contribution in [0.2, 0.25) is 0 Å².